The number of likely N-dealkylation sites (tertiary alicyclic amines) is 1. The Bertz CT molecular complexity index is 765. The number of aromatic amines is 1. The summed E-state index contributed by atoms with van der Waals surface area (Å²) in [5.74, 6) is -0.0150. The van der Waals surface area contributed by atoms with Crippen molar-refractivity contribution in [3.8, 4) is 0 Å². The number of hydrogen-bond donors (Lipinski definition) is 1. The molecular formula is C19H23N3O3. The van der Waals surface area contributed by atoms with Crippen LogP contribution in [-0.2, 0) is 17.8 Å². The first-order valence-corrected chi connectivity index (χ1v) is 8.69. The van der Waals surface area contributed by atoms with Crippen molar-refractivity contribution in [3.63, 3.8) is 0 Å². The molecule has 0 aliphatic carbocycles. The lowest BCUT2D eigenvalue weighted by atomic mass is 10.0. The third kappa shape index (κ3) is 4.33. The molecule has 0 bridgehead atoms. The second kappa shape index (κ2) is 8.07. The Morgan fingerprint density at radius 1 is 1.32 bits per heavy atom. The van der Waals surface area contributed by atoms with E-state index in [9.17, 15) is 9.59 Å². The number of H-pyrrole nitrogens is 1. The molecule has 6 heteroatoms. The third-order valence-electron chi connectivity index (χ3n) is 4.52. The first kappa shape index (κ1) is 17.4. The molecule has 1 aliphatic rings. The number of nitrogens with one attached hydrogen (secondary N) is 1. The maximum absolute atomic E-state index is 12.7. The van der Waals surface area contributed by atoms with Gasteiger partial charge in [-0.15, -0.1) is 0 Å². The Labute approximate surface area is 146 Å². The number of aromatic nitrogens is 2. The van der Waals surface area contributed by atoms with Gasteiger partial charge in [0.15, 0.2) is 0 Å². The lowest BCUT2D eigenvalue weighted by Crippen LogP contribution is -2.41. The van der Waals surface area contributed by atoms with Crippen molar-refractivity contribution >= 4 is 5.91 Å². The maximum Gasteiger partial charge on any atom is 0.255 e. The topological polar surface area (TPSA) is 75.3 Å². The highest BCUT2D eigenvalue weighted by Gasteiger charge is 2.25. The van der Waals surface area contributed by atoms with E-state index in [1.807, 2.05) is 24.0 Å². The van der Waals surface area contributed by atoms with Gasteiger partial charge in [-0.25, -0.2) is 0 Å². The van der Waals surface area contributed by atoms with E-state index in [0.717, 1.165) is 18.4 Å². The quantitative estimate of drug-likeness (QED) is 0.904. The van der Waals surface area contributed by atoms with Gasteiger partial charge in [-0.3, -0.25) is 14.6 Å². The van der Waals surface area contributed by atoms with Crippen LogP contribution in [0.4, 0.5) is 0 Å². The molecular weight excluding hydrogens is 318 g/mol. The molecule has 3 rings (SSSR count). The van der Waals surface area contributed by atoms with Crippen LogP contribution in [0.2, 0.25) is 0 Å². The number of amides is 1. The average Bonchev–Trinajstić information content (AvgIpc) is 2.67. The molecule has 0 saturated carbocycles. The van der Waals surface area contributed by atoms with Crippen LogP contribution in [0.5, 0.6) is 0 Å². The van der Waals surface area contributed by atoms with Gasteiger partial charge in [-0.1, -0.05) is 13.0 Å². The van der Waals surface area contributed by atoms with Gasteiger partial charge in [0.2, 0.25) is 5.56 Å². The van der Waals surface area contributed by atoms with Crippen LogP contribution in [0.15, 0.2) is 41.5 Å². The monoisotopic (exact) mass is 341 g/mol. The normalized spacial score (nSPS) is 15.3. The number of carbonyl (C=O) groups excluding carboxylic acids is 1. The predicted molar refractivity (Wildman–Crippen MR) is 94.4 cm³/mol. The number of rotatable bonds is 5. The van der Waals surface area contributed by atoms with E-state index in [1.54, 1.807) is 18.5 Å². The summed E-state index contributed by atoms with van der Waals surface area (Å²) in [4.78, 5) is 32.8. The van der Waals surface area contributed by atoms with Crippen molar-refractivity contribution in [1.82, 2.24) is 14.9 Å². The van der Waals surface area contributed by atoms with E-state index in [1.165, 1.54) is 6.07 Å². The van der Waals surface area contributed by atoms with E-state index >= 15 is 0 Å². The van der Waals surface area contributed by atoms with Gasteiger partial charge in [0.25, 0.3) is 5.91 Å². The molecule has 1 saturated heterocycles. The average molecular weight is 341 g/mol. The highest BCUT2D eigenvalue weighted by molar-refractivity contribution is 5.95. The largest absolute Gasteiger partial charge is 0.373 e. The summed E-state index contributed by atoms with van der Waals surface area (Å²) in [6, 6.07) is 6.94. The fraction of sp³-hybridized carbons (Fsp3) is 0.421. The predicted octanol–water partition coefficient (Wildman–Crippen LogP) is 2.15. The Hall–Kier alpha value is -2.47. The molecule has 25 heavy (non-hydrogen) atoms. The maximum atomic E-state index is 12.7. The summed E-state index contributed by atoms with van der Waals surface area (Å²) in [7, 11) is 0. The summed E-state index contributed by atoms with van der Waals surface area (Å²) in [6.07, 6.45) is 5.97. The van der Waals surface area contributed by atoms with Crippen LogP contribution in [0, 0.1) is 0 Å². The van der Waals surface area contributed by atoms with Crippen LogP contribution in [0.3, 0.4) is 0 Å². The summed E-state index contributed by atoms with van der Waals surface area (Å²) in [5.41, 5.74) is 2.18. The van der Waals surface area contributed by atoms with Crippen LogP contribution in [0.25, 0.3) is 0 Å². The molecule has 0 spiro atoms. The minimum Gasteiger partial charge on any atom is -0.373 e. The van der Waals surface area contributed by atoms with E-state index < -0.39 is 0 Å². The van der Waals surface area contributed by atoms with E-state index in [-0.39, 0.29) is 17.6 Å². The van der Waals surface area contributed by atoms with Crippen molar-refractivity contribution in [3.05, 3.63) is 63.8 Å². The number of piperidine rings is 1. The third-order valence-corrected chi connectivity index (χ3v) is 4.52. The van der Waals surface area contributed by atoms with Crippen molar-refractivity contribution in [1.29, 1.82) is 0 Å². The molecule has 1 aliphatic heterocycles. The van der Waals surface area contributed by atoms with E-state index in [0.29, 0.717) is 37.4 Å². The Morgan fingerprint density at radius 2 is 2.12 bits per heavy atom. The number of ether oxygens (including phenoxy) is 1. The van der Waals surface area contributed by atoms with Crippen LogP contribution in [-0.4, -0.2) is 40.0 Å². The number of aryl methyl sites for hydroxylation is 1. The Kier molecular flexibility index (Phi) is 5.60. The van der Waals surface area contributed by atoms with Crippen LogP contribution >= 0.6 is 0 Å². The smallest absolute Gasteiger partial charge is 0.255 e. The molecule has 0 aromatic carbocycles. The molecule has 1 N–H and O–H groups in total. The van der Waals surface area contributed by atoms with Gasteiger partial charge in [0.05, 0.1) is 18.3 Å². The molecule has 2 aromatic heterocycles. The molecule has 0 atom stereocenters. The SMILES string of the molecule is CCc1[nH]c(=O)ccc1C(=O)N1CCC(OCc2cccnc2)CC1. The zero-order valence-electron chi connectivity index (χ0n) is 14.4. The summed E-state index contributed by atoms with van der Waals surface area (Å²) >= 11 is 0. The van der Waals surface area contributed by atoms with E-state index in [2.05, 4.69) is 9.97 Å². The van der Waals surface area contributed by atoms with Crippen molar-refractivity contribution in [2.45, 2.75) is 38.9 Å². The van der Waals surface area contributed by atoms with Gasteiger partial charge in [-0.05, 0) is 37.0 Å². The van der Waals surface area contributed by atoms with Gasteiger partial charge in [-0.2, -0.15) is 0 Å². The second-order valence-corrected chi connectivity index (χ2v) is 6.23. The van der Waals surface area contributed by atoms with Gasteiger partial charge >= 0.3 is 0 Å². The minimum atomic E-state index is -0.170. The molecule has 2 aromatic rings. The molecule has 6 nitrogen and oxygen atoms in total. The highest BCUT2D eigenvalue weighted by Crippen LogP contribution is 2.18. The lowest BCUT2D eigenvalue weighted by molar-refractivity contribution is -0.000500. The first-order chi connectivity index (χ1) is 12.2. The standard InChI is InChI=1S/C19H23N3O3/c1-2-17-16(5-6-18(23)21-17)19(24)22-10-7-15(8-11-22)25-13-14-4-3-9-20-12-14/h3-6,9,12,15H,2,7-8,10-11,13H2,1H3,(H,21,23). The molecule has 1 amide bonds. The number of pyridine rings is 2. The molecule has 0 radical (unpaired) electrons. The zero-order chi connectivity index (χ0) is 17.6. The highest BCUT2D eigenvalue weighted by atomic mass is 16.5. The fourth-order valence-corrected chi connectivity index (χ4v) is 3.09. The minimum absolute atomic E-state index is 0.0150. The Morgan fingerprint density at radius 3 is 2.80 bits per heavy atom. The van der Waals surface area contributed by atoms with E-state index in [4.69, 9.17) is 4.74 Å². The molecule has 132 valence electrons. The van der Waals surface area contributed by atoms with Crippen LogP contribution in [0.1, 0.15) is 41.4 Å². The zero-order valence-corrected chi connectivity index (χ0v) is 14.4. The van der Waals surface area contributed by atoms with Gasteiger partial charge in [0, 0.05) is 37.2 Å². The van der Waals surface area contributed by atoms with Crippen molar-refractivity contribution in [2.75, 3.05) is 13.1 Å². The number of nitrogens with zero attached hydrogens (tertiary/aromatic N) is 2. The first-order valence-electron chi connectivity index (χ1n) is 8.69. The number of carbonyl (C=O) groups is 1. The molecule has 0 unspecified atom stereocenters. The second-order valence-electron chi connectivity index (χ2n) is 6.23. The number of hydrogen-bond acceptors (Lipinski definition) is 4. The van der Waals surface area contributed by atoms with Gasteiger partial charge < -0.3 is 14.6 Å². The van der Waals surface area contributed by atoms with Gasteiger partial charge in [0.1, 0.15) is 0 Å². The van der Waals surface area contributed by atoms with Crippen LogP contribution < -0.4 is 5.56 Å². The summed E-state index contributed by atoms with van der Waals surface area (Å²) in [5, 5.41) is 0. The van der Waals surface area contributed by atoms with Crippen molar-refractivity contribution < 1.29 is 9.53 Å². The fourth-order valence-electron chi connectivity index (χ4n) is 3.09. The molecule has 3 heterocycles. The Balaban J connectivity index is 1.55. The lowest BCUT2D eigenvalue weighted by Gasteiger charge is -2.32. The molecule has 1 fully saturated rings. The summed E-state index contributed by atoms with van der Waals surface area (Å²) in [6.45, 7) is 3.81. The van der Waals surface area contributed by atoms with Crippen molar-refractivity contribution in [2.24, 2.45) is 0 Å². The summed E-state index contributed by atoms with van der Waals surface area (Å²) < 4.78 is 5.94.